The summed E-state index contributed by atoms with van der Waals surface area (Å²) in [6.07, 6.45) is 5.63. The molecule has 2 aromatic heterocycles. The fourth-order valence-electron chi connectivity index (χ4n) is 5.85. The van der Waals surface area contributed by atoms with E-state index < -0.39 is 18.0 Å². The first-order chi connectivity index (χ1) is 22.8. The average molecular weight is 680 g/mol. The Kier molecular flexibility index (Phi) is 9.80. The summed E-state index contributed by atoms with van der Waals surface area (Å²) in [5.74, 6) is -0.200. The van der Waals surface area contributed by atoms with E-state index in [9.17, 15) is 14.4 Å². The smallest absolute Gasteiger partial charge is 0.411 e. The van der Waals surface area contributed by atoms with Crippen LogP contribution in [-0.2, 0) is 14.3 Å². The van der Waals surface area contributed by atoms with E-state index in [0.29, 0.717) is 45.6 Å². The van der Waals surface area contributed by atoms with Crippen LogP contribution >= 0.6 is 23.2 Å². The van der Waals surface area contributed by atoms with Crippen LogP contribution in [0.5, 0.6) is 0 Å². The lowest BCUT2D eigenvalue weighted by atomic mass is 10.0. The van der Waals surface area contributed by atoms with Gasteiger partial charge in [0.2, 0.25) is 11.8 Å². The molecule has 2 bridgehead atoms. The van der Waals surface area contributed by atoms with Crippen molar-refractivity contribution in [1.82, 2.24) is 45.3 Å². The molecule has 47 heavy (non-hydrogen) atoms. The third-order valence-corrected chi connectivity index (χ3v) is 8.78. The van der Waals surface area contributed by atoms with Crippen LogP contribution in [0.2, 0.25) is 10.2 Å². The standard InChI is InChI=1S/C31H32Cl2N10O4/c1-47-31(46)35-22-6-2-19(3-7-22)28-29(33)38-30(37-28)24(17-27(45)42-15-14-41-12-10-23(42)11-13-41)36-26(44)9-4-20-16-21(32)5-8-25(20)43-18-34-39-40-43/h2-9,16,18,23-24H,10-15,17H2,1H3,(H,35,46)(H,36,44)(H,37,38)/t24-/m0/s1. The Morgan fingerprint density at radius 3 is 2.60 bits per heavy atom. The number of ether oxygens (including phenoxy) is 1. The second-order valence-electron chi connectivity index (χ2n) is 11.2. The minimum absolute atomic E-state index is 0.0195. The highest BCUT2D eigenvalue weighted by atomic mass is 35.5. The number of nitrogens with zero attached hydrogens (tertiary/aromatic N) is 7. The number of nitrogens with one attached hydrogen (secondary N) is 3. The lowest BCUT2D eigenvalue weighted by molar-refractivity contribution is -0.134. The quantitative estimate of drug-likeness (QED) is 0.221. The third-order valence-electron chi connectivity index (χ3n) is 8.27. The zero-order valence-electron chi connectivity index (χ0n) is 25.4. The number of carbonyl (C=O) groups is 3. The predicted molar refractivity (Wildman–Crippen MR) is 175 cm³/mol. The molecule has 3 fully saturated rings. The number of aromatic amines is 1. The molecular formula is C31H32Cl2N10O4. The van der Waals surface area contributed by atoms with Gasteiger partial charge in [0.1, 0.15) is 23.0 Å². The average Bonchev–Trinajstić information content (AvgIpc) is 3.64. The first-order valence-corrected chi connectivity index (χ1v) is 15.8. The predicted octanol–water partition coefficient (Wildman–Crippen LogP) is 4.10. The number of methoxy groups -OCH3 is 1. The molecule has 3 amide bonds. The van der Waals surface area contributed by atoms with Crippen molar-refractivity contribution in [3.63, 3.8) is 0 Å². The number of amides is 3. The number of aromatic nitrogens is 6. The fraction of sp³-hybridized carbons (Fsp3) is 0.323. The highest BCUT2D eigenvalue weighted by molar-refractivity contribution is 6.32. The highest BCUT2D eigenvalue weighted by Crippen LogP contribution is 2.30. The lowest BCUT2D eigenvalue weighted by Crippen LogP contribution is -2.43. The van der Waals surface area contributed by atoms with Crippen molar-refractivity contribution in [2.75, 3.05) is 38.6 Å². The van der Waals surface area contributed by atoms with Crippen molar-refractivity contribution in [1.29, 1.82) is 0 Å². The van der Waals surface area contributed by atoms with Gasteiger partial charge in [-0.05, 0) is 59.7 Å². The normalized spacial score (nSPS) is 18.1. The number of rotatable bonds is 9. The van der Waals surface area contributed by atoms with Gasteiger partial charge >= 0.3 is 6.09 Å². The SMILES string of the molecule is COC(=O)Nc1ccc(-c2nc([C@H](CC(=O)N3CCN4CCC3CC4)NC(=O)C=Cc3cc(Cl)ccc3-n3cnnn3)[nH]c2Cl)cc1. The van der Waals surface area contributed by atoms with Crippen LogP contribution in [0.4, 0.5) is 10.5 Å². The molecule has 0 unspecified atom stereocenters. The summed E-state index contributed by atoms with van der Waals surface area (Å²) in [7, 11) is 1.28. The maximum absolute atomic E-state index is 13.8. The summed E-state index contributed by atoms with van der Waals surface area (Å²) in [5.41, 5.74) is 2.85. The molecule has 7 rings (SSSR count). The first-order valence-electron chi connectivity index (χ1n) is 15.0. The van der Waals surface area contributed by atoms with Crippen LogP contribution in [0.25, 0.3) is 23.0 Å². The van der Waals surface area contributed by atoms with Gasteiger partial charge in [-0.3, -0.25) is 14.9 Å². The van der Waals surface area contributed by atoms with Crippen molar-refractivity contribution in [2.45, 2.75) is 31.3 Å². The van der Waals surface area contributed by atoms with Gasteiger partial charge in [-0.25, -0.2) is 9.78 Å². The van der Waals surface area contributed by atoms with Crippen molar-refractivity contribution < 1.29 is 19.1 Å². The fourth-order valence-corrected chi connectivity index (χ4v) is 6.28. The Morgan fingerprint density at radius 1 is 1.09 bits per heavy atom. The molecule has 4 aromatic rings. The monoisotopic (exact) mass is 678 g/mol. The van der Waals surface area contributed by atoms with Crippen LogP contribution in [0.1, 0.15) is 36.7 Å². The Labute approximate surface area is 280 Å². The highest BCUT2D eigenvalue weighted by Gasteiger charge is 2.34. The molecule has 1 atom stereocenters. The second-order valence-corrected chi connectivity index (χ2v) is 12.0. The van der Waals surface area contributed by atoms with E-state index in [1.54, 1.807) is 48.5 Å². The maximum atomic E-state index is 13.8. The van der Waals surface area contributed by atoms with E-state index in [-0.39, 0.29) is 23.5 Å². The van der Waals surface area contributed by atoms with Gasteiger partial charge in [-0.15, -0.1) is 5.10 Å². The van der Waals surface area contributed by atoms with Gasteiger partial charge in [0, 0.05) is 60.1 Å². The molecule has 0 aliphatic carbocycles. The Morgan fingerprint density at radius 2 is 1.87 bits per heavy atom. The molecular weight excluding hydrogens is 647 g/mol. The van der Waals surface area contributed by atoms with Crippen molar-refractivity contribution >= 4 is 52.9 Å². The summed E-state index contributed by atoms with van der Waals surface area (Å²) in [5, 5.41) is 17.6. The number of hydrogen-bond donors (Lipinski definition) is 3. The van der Waals surface area contributed by atoms with E-state index in [1.807, 2.05) is 4.90 Å². The zero-order chi connectivity index (χ0) is 32.9. The summed E-state index contributed by atoms with van der Waals surface area (Å²) in [4.78, 5) is 50.9. The number of fused-ring (bicyclic) bond motifs is 4. The number of halogens is 2. The van der Waals surface area contributed by atoms with Crippen LogP contribution in [0.15, 0.2) is 54.9 Å². The van der Waals surface area contributed by atoms with Crippen molar-refractivity contribution in [2.24, 2.45) is 0 Å². The molecule has 3 saturated heterocycles. The molecule has 5 heterocycles. The van der Waals surface area contributed by atoms with Gasteiger partial charge in [0.05, 0.1) is 25.3 Å². The summed E-state index contributed by atoms with van der Waals surface area (Å²) in [6.45, 7) is 3.40. The van der Waals surface area contributed by atoms with E-state index in [2.05, 4.69) is 40.8 Å². The topological polar surface area (TPSA) is 163 Å². The van der Waals surface area contributed by atoms with Crippen LogP contribution in [-0.4, -0.2) is 97.2 Å². The number of imidazole rings is 1. The molecule has 16 heteroatoms. The Balaban J connectivity index is 1.25. The molecule has 0 radical (unpaired) electrons. The molecule has 3 aliphatic heterocycles. The van der Waals surface area contributed by atoms with Crippen LogP contribution in [0.3, 0.4) is 0 Å². The van der Waals surface area contributed by atoms with Gasteiger partial charge < -0.3 is 24.8 Å². The van der Waals surface area contributed by atoms with Gasteiger partial charge in [0.15, 0.2) is 0 Å². The van der Waals surface area contributed by atoms with E-state index in [1.165, 1.54) is 24.2 Å². The Hall–Kier alpha value is -4.79. The molecule has 3 aliphatic rings. The summed E-state index contributed by atoms with van der Waals surface area (Å²) >= 11 is 12.9. The van der Waals surface area contributed by atoms with Crippen molar-refractivity contribution in [3.05, 3.63) is 76.4 Å². The second kappa shape index (κ2) is 14.3. The number of tetrazole rings is 1. The summed E-state index contributed by atoms with van der Waals surface area (Å²) in [6, 6.07) is 11.4. The lowest BCUT2D eigenvalue weighted by Gasteiger charge is -2.32. The van der Waals surface area contributed by atoms with Crippen LogP contribution < -0.4 is 10.6 Å². The van der Waals surface area contributed by atoms with Gasteiger partial charge in [-0.2, -0.15) is 4.68 Å². The minimum atomic E-state index is -0.815. The maximum Gasteiger partial charge on any atom is 0.411 e. The number of benzene rings is 2. The van der Waals surface area contributed by atoms with Gasteiger partial charge in [0.25, 0.3) is 0 Å². The number of carbonyl (C=O) groups excluding carboxylic acids is 3. The first kappa shape index (κ1) is 32.2. The summed E-state index contributed by atoms with van der Waals surface area (Å²) < 4.78 is 6.11. The largest absolute Gasteiger partial charge is 0.453 e. The zero-order valence-corrected chi connectivity index (χ0v) is 26.9. The van der Waals surface area contributed by atoms with E-state index in [4.69, 9.17) is 28.2 Å². The molecule has 0 spiro atoms. The molecule has 3 N–H and O–H groups in total. The molecule has 2 aromatic carbocycles. The van der Waals surface area contributed by atoms with Gasteiger partial charge in [-0.1, -0.05) is 35.3 Å². The van der Waals surface area contributed by atoms with E-state index in [0.717, 1.165) is 32.5 Å². The van der Waals surface area contributed by atoms with Crippen LogP contribution in [0, 0.1) is 0 Å². The van der Waals surface area contributed by atoms with Crippen molar-refractivity contribution in [3.8, 4) is 16.9 Å². The minimum Gasteiger partial charge on any atom is -0.453 e. The Bertz CT molecular complexity index is 1770. The van der Waals surface area contributed by atoms with E-state index >= 15 is 0 Å². The number of hydrogen-bond acceptors (Lipinski definition) is 9. The number of H-pyrrole nitrogens is 1. The number of anilines is 1. The molecule has 244 valence electrons. The third kappa shape index (κ3) is 7.62. The number of piperidine rings is 1. The molecule has 0 saturated carbocycles. The molecule has 14 nitrogen and oxygen atoms in total.